The first-order chi connectivity index (χ1) is 23.2. The number of hydrogen-bond donors (Lipinski definition) is 1. The average molecular weight is 653 g/mol. The molecule has 4 aliphatic rings. The maximum atomic E-state index is 12.5. The number of likely N-dealkylation sites (tertiary alicyclic amines) is 1. The van der Waals surface area contributed by atoms with E-state index >= 15 is 0 Å². The van der Waals surface area contributed by atoms with E-state index in [-0.39, 0.29) is 29.0 Å². The standard InChI is InChI=1S/C36H40N6O6/c1-39-17-26(32-33(35(39)45)48-21-37-32)23-13-29(46-2)27(30(14-23)47-3)18-40-10-8-36(9-11-40)19-42(20-36)25-5-4-22-15-41(16-24(22)12-25)28-6-7-31(43)38-34(28)44/h4-5,12-14,17,21,28H,6-11,15-16,18-20H2,1-3H3,(H,38,43,44). The Hall–Kier alpha value is -4.68. The van der Waals surface area contributed by atoms with Crippen molar-refractivity contribution >= 4 is 28.6 Å². The number of imide groups is 1. The Morgan fingerprint density at radius 2 is 1.73 bits per heavy atom. The van der Waals surface area contributed by atoms with Gasteiger partial charge < -0.3 is 23.4 Å². The fourth-order valence-electron chi connectivity index (χ4n) is 8.10. The fraction of sp³-hybridized carbons (Fsp3) is 0.444. The molecule has 0 radical (unpaired) electrons. The molecule has 48 heavy (non-hydrogen) atoms. The highest BCUT2D eigenvalue weighted by molar-refractivity contribution is 6.00. The second-order valence-corrected chi connectivity index (χ2v) is 13.8. The number of benzene rings is 2. The predicted molar refractivity (Wildman–Crippen MR) is 179 cm³/mol. The molecule has 2 aromatic heterocycles. The molecule has 8 rings (SSSR count). The second kappa shape index (κ2) is 11.8. The molecular formula is C36H40N6O6. The zero-order chi connectivity index (χ0) is 33.2. The number of carbonyl (C=O) groups is 2. The molecule has 12 heteroatoms. The average Bonchev–Trinajstić information content (AvgIpc) is 3.73. The highest BCUT2D eigenvalue weighted by Crippen LogP contribution is 2.45. The Bertz CT molecular complexity index is 1960. The van der Waals surface area contributed by atoms with Gasteiger partial charge in [0.05, 0.1) is 25.8 Å². The van der Waals surface area contributed by atoms with Crippen molar-refractivity contribution in [3.8, 4) is 22.6 Å². The van der Waals surface area contributed by atoms with Crippen LogP contribution in [0.15, 0.2) is 52.1 Å². The number of fused-ring (bicyclic) bond motifs is 2. The SMILES string of the molecule is COc1cc(-c2cn(C)c(=O)c3ocnc23)cc(OC)c1CN1CCC2(CC1)CN(c1ccc3c(c1)CN(C1CCC(=O)NC1=O)C3)C2. The summed E-state index contributed by atoms with van der Waals surface area (Å²) in [6.07, 6.45) is 6.32. The predicted octanol–water partition coefficient (Wildman–Crippen LogP) is 3.43. The van der Waals surface area contributed by atoms with Gasteiger partial charge in [0.15, 0.2) is 6.39 Å². The summed E-state index contributed by atoms with van der Waals surface area (Å²) in [6.45, 7) is 6.29. The summed E-state index contributed by atoms with van der Waals surface area (Å²) in [6, 6.07) is 10.5. The third-order valence-corrected chi connectivity index (χ3v) is 10.9. The van der Waals surface area contributed by atoms with Gasteiger partial charge in [-0.05, 0) is 73.3 Å². The number of amides is 2. The highest BCUT2D eigenvalue weighted by Gasteiger charge is 2.45. The van der Waals surface area contributed by atoms with Crippen LogP contribution >= 0.6 is 0 Å². The molecule has 0 bridgehead atoms. The molecule has 12 nitrogen and oxygen atoms in total. The van der Waals surface area contributed by atoms with E-state index in [2.05, 4.69) is 43.2 Å². The zero-order valence-corrected chi connectivity index (χ0v) is 27.6. The summed E-state index contributed by atoms with van der Waals surface area (Å²) in [5, 5.41) is 2.50. The molecule has 1 unspecified atom stereocenters. The molecule has 6 heterocycles. The number of carbonyl (C=O) groups excluding carboxylic acids is 2. The third kappa shape index (κ3) is 5.23. The molecule has 4 aliphatic heterocycles. The number of ether oxygens (including phenoxy) is 2. The molecule has 1 spiro atoms. The van der Waals surface area contributed by atoms with Crippen LogP contribution in [0, 0.1) is 5.41 Å². The number of nitrogens with zero attached hydrogens (tertiary/aromatic N) is 5. The summed E-state index contributed by atoms with van der Waals surface area (Å²) in [5.41, 5.74) is 7.24. The van der Waals surface area contributed by atoms with Crippen LogP contribution in [0.1, 0.15) is 42.4 Å². The number of methoxy groups -OCH3 is 2. The van der Waals surface area contributed by atoms with E-state index in [0.717, 1.165) is 80.3 Å². The molecule has 2 aromatic carbocycles. The topological polar surface area (TPSA) is 122 Å². The number of piperidine rings is 2. The Balaban J connectivity index is 0.914. The second-order valence-electron chi connectivity index (χ2n) is 13.8. The van der Waals surface area contributed by atoms with Gasteiger partial charge in [-0.15, -0.1) is 0 Å². The lowest BCUT2D eigenvalue weighted by molar-refractivity contribution is -0.137. The van der Waals surface area contributed by atoms with Gasteiger partial charge >= 0.3 is 0 Å². The van der Waals surface area contributed by atoms with Crippen LogP contribution in [0.2, 0.25) is 0 Å². The Kier molecular flexibility index (Phi) is 7.52. The van der Waals surface area contributed by atoms with Crippen LogP contribution < -0.4 is 25.2 Å². The van der Waals surface area contributed by atoms with E-state index in [1.807, 2.05) is 12.1 Å². The van der Waals surface area contributed by atoms with E-state index in [9.17, 15) is 14.4 Å². The van der Waals surface area contributed by atoms with E-state index < -0.39 is 0 Å². The van der Waals surface area contributed by atoms with Crippen molar-refractivity contribution in [1.82, 2.24) is 24.7 Å². The lowest BCUT2D eigenvalue weighted by atomic mass is 9.71. The normalized spacial score (nSPS) is 21.0. The fourth-order valence-corrected chi connectivity index (χ4v) is 8.10. The molecule has 3 fully saturated rings. The number of aromatic nitrogens is 2. The van der Waals surface area contributed by atoms with E-state index in [1.165, 1.54) is 27.8 Å². The maximum Gasteiger partial charge on any atom is 0.295 e. The quantitative estimate of drug-likeness (QED) is 0.297. The van der Waals surface area contributed by atoms with Crippen molar-refractivity contribution in [1.29, 1.82) is 0 Å². The molecule has 0 saturated carbocycles. The Morgan fingerprint density at radius 1 is 1.00 bits per heavy atom. The molecule has 250 valence electrons. The maximum absolute atomic E-state index is 12.5. The zero-order valence-electron chi connectivity index (χ0n) is 27.6. The van der Waals surface area contributed by atoms with Gasteiger partial charge in [-0.3, -0.25) is 29.5 Å². The van der Waals surface area contributed by atoms with E-state index in [0.29, 0.717) is 30.3 Å². The van der Waals surface area contributed by atoms with Gasteiger partial charge in [0, 0.05) is 69.1 Å². The number of rotatable bonds is 7. The number of nitrogens with one attached hydrogen (secondary N) is 1. The van der Waals surface area contributed by atoms with E-state index in [4.69, 9.17) is 13.9 Å². The van der Waals surface area contributed by atoms with Crippen LogP contribution in [0.25, 0.3) is 22.2 Å². The minimum absolute atomic E-state index is 0.167. The summed E-state index contributed by atoms with van der Waals surface area (Å²) in [5.74, 6) is 1.13. The van der Waals surface area contributed by atoms with Crippen molar-refractivity contribution in [3.63, 3.8) is 0 Å². The van der Waals surface area contributed by atoms with Gasteiger partial charge in [-0.25, -0.2) is 4.98 Å². The summed E-state index contributed by atoms with van der Waals surface area (Å²) < 4.78 is 18.7. The smallest absolute Gasteiger partial charge is 0.295 e. The van der Waals surface area contributed by atoms with Crippen LogP contribution in [-0.2, 0) is 36.3 Å². The minimum atomic E-state index is -0.236. The first-order valence-corrected chi connectivity index (χ1v) is 16.6. The van der Waals surface area contributed by atoms with Crippen molar-refractivity contribution in [2.75, 3.05) is 45.3 Å². The lowest BCUT2D eigenvalue weighted by Crippen LogP contribution is -2.60. The van der Waals surface area contributed by atoms with Crippen LogP contribution in [0.3, 0.4) is 0 Å². The van der Waals surface area contributed by atoms with Crippen molar-refractivity contribution in [2.24, 2.45) is 12.5 Å². The summed E-state index contributed by atoms with van der Waals surface area (Å²) in [4.78, 5) is 48.1. The monoisotopic (exact) mass is 652 g/mol. The molecular weight excluding hydrogens is 612 g/mol. The molecule has 4 aromatic rings. The van der Waals surface area contributed by atoms with Gasteiger partial charge in [-0.2, -0.15) is 0 Å². The number of hydrogen-bond acceptors (Lipinski definition) is 10. The first kappa shape index (κ1) is 30.6. The van der Waals surface area contributed by atoms with Crippen LogP contribution in [-0.4, -0.2) is 77.6 Å². The van der Waals surface area contributed by atoms with Crippen molar-refractivity contribution in [3.05, 3.63) is 70.0 Å². The Morgan fingerprint density at radius 3 is 2.44 bits per heavy atom. The molecule has 0 aliphatic carbocycles. The minimum Gasteiger partial charge on any atom is -0.496 e. The van der Waals surface area contributed by atoms with Gasteiger partial charge in [-0.1, -0.05) is 6.07 Å². The largest absolute Gasteiger partial charge is 0.496 e. The molecule has 3 saturated heterocycles. The van der Waals surface area contributed by atoms with Gasteiger partial charge in [0.2, 0.25) is 17.4 Å². The summed E-state index contributed by atoms with van der Waals surface area (Å²) >= 11 is 0. The number of aryl methyl sites for hydroxylation is 1. The van der Waals surface area contributed by atoms with Crippen LogP contribution in [0.5, 0.6) is 11.5 Å². The molecule has 1 N–H and O–H groups in total. The highest BCUT2D eigenvalue weighted by atomic mass is 16.5. The third-order valence-electron chi connectivity index (χ3n) is 10.9. The van der Waals surface area contributed by atoms with Gasteiger partial charge in [0.1, 0.15) is 17.0 Å². The van der Waals surface area contributed by atoms with Gasteiger partial charge in [0.25, 0.3) is 5.56 Å². The Labute approximate surface area is 278 Å². The summed E-state index contributed by atoms with van der Waals surface area (Å²) in [7, 11) is 5.05. The van der Waals surface area contributed by atoms with Crippen molar-refractivity contribution < 1.29 is 23.5 Å². The molecule has 1 atom stereocenters. The number of anilines is 1. The first-order valence-electron chi connectivity index (χ1n) is 16.6. The van der Waals surface area contributed by atoms with E-state index in [1.54, 1.807) is 27.5 Å². The number of oxazole rings is 1. The van der Waals surface area contributed by atoms with Crippen molar-refractivity contribution in [2.45, 2.75) is 51.4 Å². The molecule has 2 amide bonds. The lowest BCUT2D eigenvalue weighted by Gasteiger charge is -2.55. The number of pyridine rings is 1. The van der Waals surface area contributed by atoms with Crippen LogP contribution in [0.4, 0.5) is 5.69 Å².